The Labute approximate surface area is 145 Å². The van der Waals surface area contributed by atoms with Crippen LogP contribution in [-0.4, -0.2) is 62.9 Å². The number of aliphatic imine (C=N–C) groups is 1. The van der Waals surface area contributed by atoms with Crippen LogP contribution in [0, 0.1) is 0 Å². The predicted octanol–water partition coefficient (Wildman–Crippen LogP) is 1.14. The van der Waals surface area contributed by atoms with E-state index in [4.69, 9.17) is 0 Å². The molecular weight excluding hydrogens is 392 g/mol. The molecule has 3 rings (SSSR count). The molecule has 0 aliphatic carbocycles. The summed E-state index contributed by atoms with van der Waals surface area (Å²) in [7, 11) is -3.53. The summed E-state index contributed by atoms with van der Waals surface area (Å²) in [5.74, 6) is 0.583. The molecule has 0 amide bonds. The highest BCUT2D eigenvalue weighted by molar-refractivity contribution is 9.10. The van der Waals surface area contributed by atoms with Gasteiger partial charge < -0.3 is 10.2 Å². The number of piperazine rings is 1. The standard InChI is InChI=1S/C13H17BrN4O2S.ClH/c14-11-1-3-12(4-2-11)21(19,20)18-10-7-16-13(18)17-8-5-15-6-9-17;/h1-4,15H,5-10H2;1H. The van der Waals surface area contributed by atoms with Gasteiger partial charge in [0.25, 0.3) is 10.0 Å². The van der Waals surface area contributed by atoms with E-state index < -0.39 is 10.0 Å². The maximum absolute atomic E-state index is 12.8. The van der Waals surface area contributed by atoms with Gasteiger partial charge in [0.15, 0.2) is 0 Å². The van der Waals surface area contributed by atoms with Crippen LogP contribution in [0.4, 0.5) is 0 Å². The van der Waals surface area contributed by atoms with Gasteiger partial charge >= 0.3 is 0 Å². The molecule has 0 aromatic heterocycles. The van der Waals surface area contributed by atoms with Crippen molar-refractivity contribution in [3.63, 3.8) is 0 Å². The van der Waals surface area contributed by atoms with Crippen LogP contribution < -0.4 is 5.32 Å². The summed E-state index contributed by atoms with van der Waals surface area (Å²) in [5, 5.41) is 3.26. The first-order chi connectivity index (χ1) is 10.1. The lowest BCUT2D eigenvalue weighted by Crippen LogP contribution is -2.52. The maximum atomic E-state index is 12.8. The molecule has 0 spiro atoms. The van der Waals surface area contributed by atoms with Crippen molar-refractivity contribution < 1.29 is 8.42 Å². The number of sulfonamides is 1. The normalized spacial score (nSPS) is 18.9. The maximum Gasteiger partial charge on any atom is 0.266 e. The molecule has 9 heteroatoms. The fourth-order valence-corrected chi connectivity index (χ4v) is 4.21. The number of nitrogens with one attached hydrogen (secondary N) is 1. The Morgan fingerprint density at radius 3 is 2.36 bits per heavy atom. The van der Waals surface area contributed by atoms with Gasteiger partial charge in [-0.3, -0.25) is 4.99 Å². The third-order valence-corrected chi connectivity index (χ3v) is 5.90. The fraction of sp³-hybridized carbons (Fsp3) is 0.462. The number of benzene rings is 1. The lowest BCUT2D eigenvalue weighted by atomic mass is 10.4. The van der Waals surface area contributed by atoms with Crippen molar-refractivity contribution in [1.29, 1.82) is 0 Å². The first-order valence-electron chi connectivity index (χ1n) is 6.87. The number of rotatable bonds is 2. The summed E-state index contributed by atoms with van der Waals surface area (Å²) in [6.45, 7) is 4.21. The van der Waals surface area contributed by atoms with Gasteiger partial charge in [-0.05, 0) is 24.3 Å². The molecule has 1 aromatic carbocycles. The monoisotopic (exact) mass is 408 g/mol. The number of guanidine groups is 1. The Morgan fingerprint density at radius 1 is 1.09 bits per heavy atom. The summed E-state index contributed by atoms with van der Waals surface area (Å²) in [6.07, 6.45) is 0. The van der Waals surface area contributed by atoms with Gasteiger partial charge in [-0.25, -0.2) is 12.7 Å². The summed E-state index contributed by atoms with van der Waals surface area (Å²) in [6, 6.07) is 6.72. The van der Waals surface area contributed by atoms with E-state index in [-0.39, 0.29) is 12.4 Å². The van der Waals surface area contributed by atoms with Crippen LogP contribution in [0.5, 0.6) is 0 Å². The molecule has 1 fully saturated rings. The van der Waals surface area contributed by atoms with Gasteiger partial charge in [0.05, 0.1) is 18.0 Å². The van der Waals surface area contributed by atoms with Crippen LogP contribution in [0.1, 0.15) is 0 Å². The molecular formula is C13H18BrClN4O2S. The van der Waals surface area contributed by atoms with Gasteiger partial charge in [0.1, 0.15) is 0 Å². The van der Waals surface area contributed by atoms with Gasteiger partial charge in [-0.15, -0.1) is 12.4 Å². The molecule has 2 heterocycles. The quantitative estimate of drug-likeness (QED) is 0.795. The molecule has 1 N–H and O–H groups in total. The molecule has 2 aliphatic rings. The lowest BCUT2D eigenvalue weighted by Gasteiger charge is -2.33. The second-order valence-electron chi connectivity index (χ2n) is 4.95. The zero-order chi connectivity index (χ0) is 14.9. The molecule has 0 atom stereocenters. The minimum atomic E-state index is -3.53. The van der Waals surface area contributed by atoms with E-state index in [9.17, 15) is 8.42 Å². The zero-order valence-corrected chi connectivity index (χ0v) is 15.1. The third-order valence-electron chi connectivity index (χ3n) is 3.58. The Kier molecular flexibility index (Phi) is 5.70. The molecule has 22 heavy (non-hydrogen) atoms. The van der Waals surface area contributed by atoms with Crippen LogP contribution >= 0.6 is 28.3 Å². The summed E-state index contributed by atoms with van der Waals surface area (Å²) in [4.78, 5) is 6.75. The average Bonchev–Trinajstić information content (AvgIpc) is 2.99. The van der Waals surface area contributed by atoms with Crippen molar-refractivity contribution in [2.75, 3.05) is 39.3 Å². The minimum absolute atomic E-state index is 0. The van der Waals surface area contributed by atoms with E-state index in [1.807, 2.05) is 4.90 Å². The number of hydrogen-bond acceptors (Lipinski definition) is 5. The Bertz CT molecular complexity index is 645. The number of nitrogens with zero attached hydrogens (tertiary/aromatic N) is 3. The second kappa shape index (κ2) is 7.16. The highest BCUT2D eigenvalue weighted by Crippen LogP contribution is 2.22. The summed E-state index contributed by atoms with van der Waals surface area (Å²) in [5.41, 5.74) is 0. The van der Waals surface area contributed by atoms with Crippen LogP contribution in [0.25, 0.3) is 0 Å². The third kappa shape index (κ3) is 3.40. The molecule has 6 nitrogen and oxygen atoms in total. The number of halogens is 2. The van der Waals surface area contributed by atoms with Gasteiger partial charge in [0.2, 0.25) is 5.96 Å². The Balaban J connectivity index is 0.00000176. The SMILES string of the molecule is Cl.O=S(=O)(c1ccc(Br)cc1)N1CCN=C1N1CCNCC1. The Hall–Kier alpha value is -0.830. The van der Waals surface area contributed by atoms with Crippen molar-refractivity contribution in [2.45, 2.75) is 4.90 Å². The largest absolute Gasteiger partial charge is 0.339 e. The molecule has 0 saturated carbocycles. The molecule has 0 unspecified atom stereocenters. The van der Waals surface area contributed by atoms with Crippen LogP contribution in [0.15, 0.2) is 38.6 Å². The van der Waals surface area contributed by atoms with E-state index in [1.54, 1.807) is 24.3 Å². The van der Waals surface area contributed by atoms with Gasteiger partial charge in [0, 0.05) is 30.7 Å². The van der Waals surface area contributed by atoms with E-state index in [1.165, 1.54) is 4.31 Å². The zero-order valence-electron chi connectivity index (χ0n) is 11.9. The molecule has 0 radical (unpaired) electrons. The first kappa shape index (κ1) is 17.5. The molecule has 1 aromatic rings. The van der Waals surface area contributed by atoms with E-state index in [2.05, 4.69) is 26.2 Å². The van der Waals surface area contributed by atoms with Crippen LogP contribution in [0.2, 0.25) is 0 Å². The number of hydrogen-bond donors (Lipinski definition) is 1. The van der Waals surface area contributed by atoms with E-state index >= 15 is 0 Å². The topological polar surface area (TPSA) is 65.0 Å². The first-order valence-corrected chi connectivity index (χ1v) is 9.11. The van der Waals surface area contributed by atoms with Crippen molar-refractivity contribution >= 4 is 44.3 Å². The smallest absolute Gasteiger partial charge is 0.266 e. The van der Waals surface area contributed by atoms with Crippen molar-refractivity contribution in [3.8, 4) is 0 Å². The lowest BCUT2D eigenvalue weighted by molar-refractivity contribution is 0.334. The fourth-order valence-electron chi connectivity index (χ4n) is 2.50. The second-order valence-corrected chi connectivity index (χ2v) is 7.73. The van der Waals surface area contributed by atoms with Crippen LogP contribution in [-0.2, 0) is 10.0 Å². The Morgan fingerprint density at radius 2 is 1.73 bits per heavy atom. The highest BCUT2D eigenvalue weighted by Gasteiger charge is 2.33. The van der Waals surface area contributed by atoms with Gasteiger partial charge in [-0.2, -0.15) is 0 Å². The highest BCUT2D eigenvalue weighted by atomic mass is 79.9. The molecule has 2 aliphatic heterocycles. The summed E-state index contributed by atoms with van der Waals surface area (Å²) >= 11 is 3.32. The molecule has 122 valence electrons. The van der Waals surface area contributed by atoms with E-state index in [0.29, 0.717) is 23.9 Å². The van der Waals surface area contributed by atoms with Crippen molar-refractivity contribution in [3.05, 3.63) is 28.7 Å². The van der Waals surface area contributed by atoms with Crippen molar-refractivity contribution in [1.82, 2.24) is 14.5 Å². The van der Waals surface area contributed by atoms with Gasteiger partial charge in [-0.1, -0.05) is 15.9 Å². The van der Waals surface area contributed by atoms with E-state index in [0.717, 1.165) is 30.7 Å². The predicted molar refractivity (Wildman–Crippen MR) is 92.0 cm³/mol. The average molecular weight is 410 g/mol. The van der Waals surface area contributed by atoms with Crippen molar-refractivity contribution in [2.24, 2.45) is 4.99 Å². The molecule has 0 bridgehead atoms. The molecule has 1 saturated heterocycles. The minimum Gasteiger partial charge on any atom is -0.339 e. The summed E-state index contributed by atoms with van der Waals surface area (Å²) < 4.78 is 27.9. The van der Waals surface area contributed by atoms with Crippen LogP contribution in [0.3, 0.4) is 0 Å².